The van der Waals surface area contributed by atoms with Crippen molar-refractivity contribution in [2.45, 2.75) is 46.1 Å². The molecule has 36 heavy (non-hydrogen) atoms. The summed E-state index contributed by atoms with van der Waals surface area (Å²) in [5, 5.41) is 10.4. The molecule has 0 aliphatic carbocycles. The Morgan fingerprint density at radius 3 is 2.58 bits per heavy atom. The summed E-state index contributed by atoms with van der Waals surface area (Å²) in [4.78, 5) is 13.3. The van der Waals surface area contributed by atoms with Crippen LogP contribution in [-0.4, -0.2) is 33.4 Å². The van der Waals surface area contributed by atoms with Crippen molar-refractivity contribution < 1.29 is 9.53 Å². The van der Waals surface area contributed by atoms with Crippen LogP contribution in [0.4, 0.5) is 0 Å². The smallest absolute Gasteiger partial charge is 0.268 e. The maximum absolute atomic E-state index is 13.3. The Kier molecular flexibility index (Phi) is 5.22. The first-order valence-corrected chi connectivity index (χ1v) is 13.0. The van der Waals surface area contributed by atoms with Gasteiger partial charge in [-0.25, -0.2) is 0 Å². The number of nitrogens with zero attached hydrogens (tertiary/aromatic N) is 3. The number of carbonyl (C=O) groups is 1. The van der Waals surface area contributed by atoms with E-state index in [0.717, 1.165) is 67.3 Å². The van der Waals surface area contributed by atoms with Gasteiger partial charge in [0, 0.05) is 35.1 Å². The molecule has 1 amide bonds. The first kappa shape index (κ1) is 23.4. The number of aryl methyl sites for hydroxylation is 5. The van der Waals surface area contributed by atoms with Gasteiger partial charge in [0.05, 0.1) is 28.5 Å². The lowest BCUT2D eigenvalue weighted by atomic mass is 9.84. The largest absolute Gasteiger partial charge is 0.494 e. The van der Waals surface area contributed by atoms with Crippen molar-refractivity contribution in [2.75, 3.05) is 13.2 Å². The molecule has 0 bridgehead atoms. The molecule has 1 N–H and O–H groups in total. The Morgan fingerprint density at radius 1 is 1.14 bits per heavy atom. The number of carbonyl (C=O) groups excluding carboxylic acids is 1. The molecule has 0 radical (unpaired) electrons. The SMILES string of the molecule is Cc1cc(OCCCc2c3n4c5c(c(Cl)ccc25)-c2c(C)nn(C)c2[C@@]4(C)CNC3=O)cc(C)c1Cl. The minimum atomic E-state index is -0.461. The second kappa shape index (κ2) is 8.02. The zero-order valence-corrected chi connectivity index (χ0v) is 22.6. The van der Waals surface area contributed by atoms with Crippen molar-refractivity contribution in [3.63, 3.8) is 0 Å². The highest BCUT2D eigenvalue weighted by Crippen LogP contribution is 2.51. The van der Waals surface area contributed by atoms with E-state index in [1.54, 1.807) is 0 Å². The minimum Gasteiger partial charge on any atom is -0.494 e. The molecule has 4 heterocycles. The van der Waals surface area contributed by atoms with E-state index in [1.807, 2.05) is 50.7 Å². The van der Waals surface area contributed by atoms with E-state index in [0.29, 0.717) is 30.3 Å². The molecule has 1 atom stereocenters. The van der Waals surface area contributed by atoms with E-state index >= 15 is 0 Å². The van der Waals surface area contributed by atoms with Crippen molar-refractivity contribution in [2.24, 2.45) is 7.05 Å². The van der Waals surface area contributed by atoms with Crippen molar-refractivity contribution >= 4 is 40.0 Å². The number of amides is 1. The van der Waals surface area contributed by atoms with Gasteiger partial charge >= 0.3 is 0 Å². The fourth-order valence-electron chi connectivity index (χ4n) is 6.25. The highest BCUT2D eigenvalue weighted by atomic mass is 35.5. The summed E-state index contributed by atoms with van der Waals surface area (Å²) in [6.07, 6.45) is 1.48. The average molecular weight is 523 g/mol. The number of fused-ring (bicyclic) bond motifs is 3. The van der Waals surface area contributed by atoms with Crippen molar-refractivity contribution in [1.82, 2.24) is 19.7 Å². The molecule has 0 fully saturated rings. The maximum atomic E-state index is 13.3. The molecule has 0 saturated heterocycles. The lowest BCUT2D eigenvalue weighted by Gasteiger charge is -2.41. The zero-order chi connectivity index (χ0) is 25.5. The van der Waals surface area contributed by atoms with E-state index in [4.69, 9.17) is 33.0 Å². The van der Waals surface area contributed by atoms with Crippen molar-refractivity contribution in [1.29, 1.82) is 0 Å². The molecular weight excluding hydrogens is 495 g/mol. The van der Waals surface area contributed by atoms with Crippen LogP contribution in [0.5, 0.6) is 5.75 Å². The summed E-state index contributed by atoms with van der Waals surface area (Å²) < 4.78 is 10.2. The Hall–Kier alpha value is -2.96. The second-order valence-corrected chi connectivity index (χ2v) is 11.0. The number of ether oxygens (including phenoxy) is 1. The Balaban J connectivity index is 1.43. The van der Waals surface area contributed by atoms with E-state index < -0.39 is 5.54 Å². The molecule has 4 aromatic rings. The molecular formula is C28H28Cl2N4O2. The van der Waals surface area contributed by atoms with Crippen molar-refractivity contribution in [3.05, 3.63) is 68.1 Å². The van der Waals surface area contributed by atoms with E-state index in [2.05, 4.69) is 22.9 Å². The topological polar surface area (TPSA) is 61.1 Å². The molecule has 2 aromatic heterocycles. The molecule has 2 aromatic carbocycles. The number of hydrogen-bond donors (Lipinski definition) is 1. The van der Waals surface area contributed by atoms with Gasteiger partial charge in [-0.05, 0) is 75.4 Å². The quantitative estimate of drug-likeness (QED) is 0.322. The van der Waals surface area contributed by atoms with Crippen LogP contribution in [-0.2, 0) is 19.0 Å². The number of halogens is 2. The number of rotatable bonds is 5. The van der Waals surface area contributed by atoms with Gasteiger partial charge in [-0.15, -0.1) is 0 Å². The molecule has 186 valence electrons. The van der Waals surface area contributed by atoms with Crippen LogP contribution in [0, 0.1) is 20.8 Å². The molecule has 6 rings (SSSR count). The Bertz CT molecular complexity index is 1580. The second-order valence-electron chi connectivity index (χ2n) is 10.2. The van der Waals surface area contributed by atoms with Crippen LogP contribution in [0.25, 0.3) is 22.0 Å². The Morgan fingerprint density at radius 2 is 1.86 bits per heavy atom. The first-order chi connectivity index (χ1) is 17.1. The number of aromatic nitrogens is 3. The van der Waals surface area contributed by atoms with Gasteiger partial charge in [0.25, 0.3) is 5.91 Å². The van der Waals surface area contributed by atoms with Crippen LogP contribution in [0.3, 0.4) is 0 Å². The van der Waals surface area contributed by atoms with Gasteiger partial charge in [-0.1, -0.05) is 29.3 Å². The van der Waals surface area contributed by atoms with Gasteiger partial charge in [0.2, 0.25) is 0 Å². The molecule has 8 heteroatoms. The maximum Gasteiger partial charge on any atom is 0.268 e. The molecule has 0 unspecified atom stereocenters. The fraction of sp³-hybridized carbons (Fsp3) is 0.357. The summed E-state index contributed by atoms with van der Waals surface area (Å²) in [7, 11) is 1.97. The number of nitrogens with one attached hydrogen (secondary N) is 1. The third-order valence-electron chi connectivity index (χ3n) is 7.72. The van der Waals surface area contributed by atoms with Crippen LogP contribution in [0.15, 0.2) is 24.3 Å². The minimum absolute atomic E-state index is 0.0482. The molecule has 0 spiro atoms. The normalized spacial score (nSPS) is 17.9. The summed E-state index contributed by atoms with van der Waals surface area (Å²) in [6, 6.07) is 7.93. The van der Waals surface area contributed by atoms with Gasteiger partial charge in [0.1, 0.15) is 17.0 Å². The summed E-state index contributed by atoms with van der Waals surface area (Å²) >= 11 is 13.1. The first-order valence-electron chi connectivity index (χ1n) is 12.2. The summed E-state index contributed by atoms with van der Waals surface area (Å²) in [6.45, 7) is 9.20. The van der Waals surface area contributed by atoms with Crippen LogP contribution in [0.2, 0.25) is 10.0 Å². The molecule has 2 aliphatic heterocycles. The average Bonchev–Trinajstić information content (AvgIpc) is 3.33. The molecule has 2 aliphatic rings. The van der Waals surface area contributed by atoms with Crippen LogP contribution >= 0.6 is 23.2 Å². The van der Waals surface area contributed by atoms with E-state index in [9.17, 15) is 4.79 Å². The standard InChI is InChI=1S/C28H28Cl2N4O2/c1-14-11-17(12-15(2)23(14)30)36-10-6-7-18-19-8-9-20(29)22-21-16(3)32-33(5)26(21)28(4)13-31-27(35)25(18)34(28)24(19)22/h8-9,11-12H,6-7,10,13H2,1-5H3,(H,31,35)/t28-/m1/s1. The predicted molar refractivity (Wildman–Crippen MR) is 144 cm³/mol. The van der Waals surface area contributed by atoms with Gasteiger partial charge in [0.15, 0.2) is 0 Å². The summed E-state index contributed by atoms with van der Waals surface area (Å²) in [5.74, 6) is 0.766. The van der Waals surface area contributed by atoms with Crippen molar-refractivity contribution in [3.8, 4) is 16.9 Å². The monoisotopic (exact) mass is 522 g/mol. The lowest BCUT2D eigenvalue weighted by Crippen LogP contribution is -2.52. The fourth-order valence-corrected chi connectivity index (χ4v) is 6.60. The van der Waals surface area contributed by atoms with E-state index in [-0.39, 0.29) is 5.91 Å². The highest BCUT2D eigenvalue weighted by Gasteiger charge is 2.47. The van der Waals surface area contributed by atoms with Crippen LogP contribution < -0.4 is 10.1 Å². The van der Waals surface area contributed by atoms with Gasteiger partial charge in [-0.2, -0.15) is 5.10 Å². The van der Waals surface area contributed by atoms with E-state index in [1.165, 1.54) is 0 Å². The van der Waals surface area contributed by atoms with Gasteiger partial charge in [-0.3, -0.25) is 9.48 Å². The van der Waals surface area contributed by atoms with Gasteiger partial charge < -0.3 is 14.6 Å². The van der Waals surface area contributed by atoms with Crippen LogP contribution in [0.1, 0.15) is 51.9 Å². The number of hydrogen-bond acceptors (Lipinski definition) is 3. The lowest BCUT2D eigenvalue weighted by molar-refractivity contribution is 0.0894. The zero-order valence-electron chi connectivity index (χ0n) is 21.1. The highest BCUT2D eigenvalue weighted by molar-refractivity contribution is 6.35. The predicted octanol–water partition coefficient (Wildman–Crippen LogP) is 6.11. The third kappa shape index (κ3) is 3.10. The molecule has 6 nitrogen and oxygen atoms in total. The Labute approximate surface area is 220 Å². The number of benzene rings is 2. The summed E-state index contributed by atoms with van der Waals surface area (Å²) in [5.41, 5.74) is 8.38. The molecule has 0 saturated carbocycles. The third-order valence-corrected chi connectivity index (χ3v) is 8.63.